The van der Waals surface area contributed by atoms with Crippen molar-refractivity contribution in [2.45, 2.75) is 25.4 Å². The van der Waals surface area contributed by atoms with Crippen LogP contribution in [0.2, 0.25) is 0 Å². The molecule has 0 spiro atoms. The van der Waals surface area contributed by atoms with E-state index in [1.807, 2.05) is 36.4 Å². The number of hydrogen-bond donors (Lipinski definition) is 2. The lowest BCUT2D eigenvalue weighted by Gasteiger charge is -2.29. The molecule has 6 heteroatoms. The zero-order chi connectivity index (χ0) is 18.6. The van der Waals surface area contributed by atoms with E-state index >= 15 is 0 Å². The molecule has 1 atom stereocenters. The first kappa shape index (κ1) is 17.5. The van der Waals surface area contributed by atoms with Crippen LogP contribution in [0.25, 0.3) is 0 Å². The molecule has 1 unspecified atom stereocenters. The zero-order valence-electron chi connectivity index (χ0n) is 15.1. The highest BCUT2D eigenvalue weighted by molar-refractivity contribution is 5.95. The van der Waals surface area contributed by atoms with Gasteiger partial charge in [0.25, 0.3) is 5.91 Å². The van der Waals surface area contributed by atoms with Crippen LogP contribution < -0.4 is 15.4 Å². The molecule has 2 aromatic carbocycles. The smallest absolute Gasteiger partial charge is 0.262 e. The lowest BCUT2D eigenvalue weighted by Crippen LogP contribution is -2.45. The molecule has 0 saturated carbocycles. The summed E-state index contributed by atoms with van der Waals surface area (Å²) in [4.78, 5) is 26.5. The molecule has 4 rings (SSSR count). The lowest BCUT2D eigenvalue weighted by atomic mass is 10.0. The summed E-state index contributed by atoms with van der Waals surface area (Å²) in [5.74, 6) is 0.620. The quantitative estimate of drug-likeness (QED) is 0.869. The summed E-state index contributed by atoms with van der Waals surface area (Å²) in [6.07, 6.45) is 1.60. The largest absolute Gasteiger partial charge is 0.482 e. The van der Waals surface area contributed by atoms with Crippen LogP contribution in [0.3, 0.4) is 0 Å². The highest BCUT2D eigenvalue weighted by Gasteiger charge is 2.28. The second-order valence-electron chi connectivity index (χ2n) is 6.99. The summed E-state index contributed by atoms with van der Waals surface area (Å²) in [5, 5.41) is 5.88. The van der Waals surface area contributed by atoms with Crippen molar-refractivity contribution in [3.8, 4) is 5.75 Å². The molecule has 2 N–H and O–H groups in total. The monoisotopic (exact) mass is 365 g/mol. The Kier molecular flexibility index (Phi) is 5.07. The third kappa shape index (κ3) is 4.11. The molecular formula is C21H23N3O3. The molecule has 2 aliphatic heterocycles. The van der Waals surface area contributed by atoms with Crippen molar-refractivity contribution >= 4 is 17.5 Å². The third-order valence-electron chi connectivity index (χ3n) is 5.00. The fraction of sp³-hybridized carbons (Fsp3) is 0.333. The third-order valence-corrected chi connectivity index (χ3v) is 5.00. The van der Waals surface area contributed by atoms with Crippen molar-refractivity contribution in [2.75, 3.05) is 25.0 Å². The van der Waals surface area contributed by atoms with Crippen LogP contribution in [0.5, 0.6) is 5.75 Å². The predicted octanol–water partition coefficient (Wildman–Crippen LogP) is 1.95. The average molecular weight is 365 g/mol. The van der Waals surface area contributed by atoms with Gasteiger partial charge in [0, 0.05) is 19.6 Å². The number of nitrogens with zero attached hydrogens (tertiary/aromatic N) is 1. The molecule has 140 valence electrons. The molecule has 2 aliphatic rings. The van der Waals surface area contributed by atoms with Crippen LogP contribution in [0, 0.1) is 0 Å². The first-order valence-corrected chi connectivity index (χ1v) is 9.30. The van der Waals surface area contributed by atoms with Crippen LogP contribution in [0.15, 0.2) is 48.5 Å². The molecular weight excluding hydrogens is 342 g/mol. The second kappa shape index (κ2) is 7.80. The van der Waals surface area contributed by atoms with Crippen molar-refractivity contribution < 1.29 is 14.3 Å². The van der Waals surface area contributed by atoms with E-state index in [0.29, 0.717) is 30.9 Å². The van der Waals surface area contributed by atoms with Gasteiger partial charge >= 0.3 is 0 Å². The first-order valence-electron chi connectivity index (χ1n) is 9.30. The van der Waals surface area contributed by atoms with Crippen LogP contribution in [0.4, 0.5) is 5.69 Å². The number of nitrogens with one attached hydrogen (secondary N) is 2. The maximum Gasteiger partial charge on any atom is 0.262 e. The minimum Gasteiger partial charge on any atom is -0.482 e. The molecule has 2 aromatic rings. The summed E-state index contributed by atoms with van der Waals surface area (Å²) in [6.45, 7) is 2.25. The van der Waals surface area contributed by atoms with E-state index in [2.05, 4.69) is 27.7 Å². The van der Waals surface area contributed by atoms with Gasteiger partial charge in [0.05, 0.1) is 11.7 Å². The highest BCUT2D eigenvalue weighted by Crippen LogP contribution is 2.29. The standard InChI is InChI=1S/C21H23N3O3/c25-20-14-27-19-8-7-16(11-17(19)23-20)13-24-10-4-9-22-21(26)18(24)12-15-5-2-1-3-6-15/h1-3,5-8,11,18H,4,9-10,12-14H2,(H,22,26)(H,23,25). The summed E-state index contributed by atoms with van der Waals surface area (Å²) in [6, 6.07) is 15.7. The van der Waals surface area contributed by atoms with E-state index in [9.17, 15) is 9.59 Å². The normalized spacial score (nSPS) is 20.1. The highest BCUT2D eigenvalue weighted by atomic mass is 16.5. The summed E-state index contributed by atoms with van der Waals surface area (Å²) in [5.41, 5.74) is 2.89. The van der Waals surface area contributed by atoms with Crippen molar-refractivity contribution in [3.05, 3.63) is 59.7 Å². The van der Waals surface area contributed by atoms with Crippen molar-refractivity contribution in [2.24, 2.45) is 0 Å². The number of fused-ring (bicyclic) bond motifs is 1. The van der Waals surface area contributed by atoms with Gasteiger partial charge in [-0.15, -0.1) is 0 Å². The number of carbonyl (C=O) groups is 2. The number of benzene rings is 2. The van der Waals surface area contributed by atoms with E-state index < -0.39 is 0 Å². The van der Waals surface area contributed by atoms with Gasteiger partial charge in [0.15, 0.2) is 6.61 Å². The zero-order valence-corrected chi connectivity index (χ0v) is 15.1. The summed E-state index contributed by atoms with van der Waals surface area (Å²) in [7, 11) is 0. The fourth-order valence-electron chi connectivity index (χ4n) is 3.64. The van der Waals surface area contributed by atoms with Gasteiger partial charge in [0.2, 0.25) is 5.91 Å². The van der Waals surface area contributed by atoms with Crippen molar-refractivity contribution in [3.63, 3.8) is 0 Å². The molecule has 27 heavy (non-hydrogen) atoms. The lowest BCUT2D eigenvalue weighted by molar-refractivity contribution is -0.125. The maximum absolute atomic E-state index is 12.7. The van der Waals surface area contributed by atoms with Gasteiger partial charge in [0.1, 0.15) is 5.75 Å². The Morgan fingerprint density at radius 2 is 1.93 bits per heavy atom. The fourth-order valence-corrected chi connectivity index (χ4v) is 3.64. The molecule has 0 aromatic heterocycles. The molecule has 0 bridgehead atoms. The van der Waals surface area contributed by atoms with Gasteiger partial charge in [-0.2, -0.15) is 0 Å². The van der Waals surface area contributed by atoms with Crippen LogP contribution >= 0.6 is 0 Å². The Labute approximate surface area is 158 Å². The first-order chi connectivity index (χ1) is 13.2. The number of ether oxygens (including phenoxy) is 1. The van der Waals surface area contributed by atoms with Crippen LogP contribution in [-0.2, 0) is 22.6 Å². The summed E-state index contributed by atoms with van der Waals surface area (Å²) < 4.78 is 5.43. The van der Waals surface area contributed by atoms with Crippen LogP contribution in [0.1, 0.15) is 17.5 Å². The van der Waals surface area contributed by atoms with E-state index in [0.717, 1.165) is 24.1 Å². The van der Waals surface area contributed by atoms with Crippen LogP contribution in [-0.4, -0.2) is 42.5 Å². The molecule has 0 aliphatic carbocycles. The Morgan fingerprint density at radius 3 is 2.78 bits per heavy atom. The number of carbonyl (C=O) groups excluding carboxylic acids is 2. The molecule has 2 amide bonds. The SMILES string of the molecule is O=C1COc2ccc(CN3CCCNC(=O)C3Cc3ccccc3)cc2N1. The molecule has 6 nitrogen and oxygen atoms in total. The van der Waals surface area contributed by atoms with Crippen molar-refractivity contribution in [1.82, 2.24) is 10.2 Å². The van der Waals surface area contributed by atoms with Gasteiger partial charge in [-0.05, 0) is 36.1 Å². The number of rotatable bonds is 4. The average Bonchev–Trinajstić information content (AvgIpc) is 2.84. The van der Waals surface area contributed by atoms with E-state index in [1.165, 1.54) is 0 Å². The van der Waals surface area contributed by atoms with Crippen molar-refractivity contribution in [1.29, 1.82) is 0 Å². The van der Waals surface area contributed by atoms with E-state index in [1.54, 1.807) is 0 Å². The minimum absolute atomic E-state index is 0.0534. The second-order valence-corrected chi connectivity index (χ2v) is 6.99. The molecule has 0 radical (unpaired) electrons. The van der Waals surface area contributed by atoms with Gasteiger partial charge in [-0.3, -0.25) is 14.5 Å². The van der Waals surface area contributed by atoms with E-state index in [4.69, 9.17) is 4.74 Å². The van der Waals surface area contributed by atoms with Gasteiger partial charge in [-0.1, -0.05) is 36.4 Å². The number of amides is 2. The predicted molar refractivity (Wildman–Crippen MR) is 103 cm³/mol. The Hall–Kier alpha value is -2.86. The Morgan fingerprint density at radius 1 is 1.07 bits per heavy atom. The van der Waals surface area contributed by atoms with Gasteiger partial charge < -0.3 is 15.4 Å². The summed E-state index contributed by atoms with van der Waals surface area (Å²) >= 11 is 0. The molecule has 2 heterocycles. The van der Waals surface area contributed by atoms with E-state index in [-0.39, 0.29) is 24.5 Å². The number of hydrogen-bond acceptors (Lipinski definition) is 4. The topological polar surface area (TPSA) is 70.7 Å². The maximum atomic E-state index is 12.7. The molecule has 1 saturated heterocycles. The number of anilines is 1. The Bertz CT molecular complexity index is 838. The Balaban J connectivity index is 1.55. The van der Waals surface area contributed by atoms with Gasteiger partial charge in [-0.25, -0.2) is 0 Å². The molecule has 1 fully saturated rings. The minimum atomic E-state index is -0.211.